The number of pyridine rings is 1. The van der Waals surface area contributed by atoms with Crippen molar-refractivity contribution in [3.8, 4) is 0 Å². The average Bonchev–Trinajstić information content (AvgIpc) is 2.36. The molecule has 0 amide bonds. The summed E-state index contributed by atoms with van der Waals surface area (Å²) >= 11 is 0. The van der Waals surface area contributed by atoms with Crippen LogP contribution in [0.3, 0.4) is 0 Å². The first-order valence-corrected chi connectivity index (χ1v) is 5.72. The van der Waals surface area contributed by atoms with Gasteiger partial charge in [-0.05, 0) is 32.0 Å². The SMILES string of the molecule is Cc1cc(C(=O)c2ccccc2[N+](=O)[O-])cc(C)n1. The summed E-state index contributed by atoms with van der Waals surface area (Å²) in [4.78, 5) is 26.9. The second kappa shape index (κ2) is 4.97. The van der Waals surface area contributed by atoms with Crippen LogP contribution in [0.5, 0.6) is 0 Å². The number of hydrogen-bond acceptors (Lipinski definition) is 4. The van der Waals surface area contributed by atoms with E-state index in [0.717, 1.165) is 0 Å². The molecule has 0 aliphatic heterocycles. The minimum Gasteiger partial charge on any atom is -0.288 e. The maximum Gasteiger partial charge on any atom is 0.280 e. The Morgan fingerprint density at radius 3 is 2.32 bits per heavy atom. The molecule has 0 radical (unpaired) electrons. The number of carbonyl (C=O) groups excluding carboxylic acids is 1. The van der Waals surface area contributed by atoms with Crippen LogP contribution in [-0.2, 0) is 0 Å². The van der Waals surface area contributed by atoms with Crippen LogP contribution in [-0.4, -0.2) is 15.7 Å². The van der Waals surface area contributed by atoms with Gasteiger partial charge in [-0.15, -0.1) is 0 Å². The fraction of sp³-hybridized carbons (Fsp3) is 0.143. The molecule has 0 aliphatic carbocycles. The van der Waals surface area contributed by atoms with E-state index in [-0.39, 0.29) is 17.0 Å². The third-order valence-corrected chi connectivity index (χ3v) is 2.69. The van der Waals surface area contributed by atoms with Crippen LogP contribution in [0.4, 0.5) is 5.69 Å². The van der Waals surface area contributed by atoms with E-state index in [1.807, 2.05) is 0 Å². The van der Waals surface area contributed by atoms with Gasteiger partial charge in [0.2, 0.25) is 0 Å². The third-order valence-electron chi connectivity index (χ3n) is 2.69. The van der Waals surface area contributed by atoms with Gasteiger partial charge in [0.15, 0.2) is 5.78 Å². The lowest BCUT2D eigenvalue weighted by Gasteiger charge is -2.04. The van der Waals surface area contributed by atoms with Gasteiger partial charge in [-0.2, -0.15) is 0 Å². The van der Waals surface area contributed by atoms with Gasteiger partial charge in [-0.25, -0.2) is 0 Å². The molecule has 19 heavy (non-hydrogen) atoms. The van der Waals surface area contributed by atoms with Gasteiger partial charge in [0.25, 0.3) is 5.69 Å². The molecule has 0 spiro atoms. The summed E-state index contributed by atoms with van der Waals surface area (Å²) < 4.78 is 0. The van der Waals surface area contributed by atoms with Crippen molar-refractivity contribution in [1.82, 2.24) is 4.98 Å². The van der Waals surface area contributed by atoms with Gasteiger partial charge >= 0.3 is 0 Å². The van der Waals surface area contributed by atoms with Gasteiger partial charge in [-0.1, -0.05) is 12.1 Å². The van der Waals surface area contributed by atoms with Crippen molar-refractivity contribution in [1.29, 1.82) is 0 Å². The highest BCUT2D eigenvalue weighted by molar-refractivity contribution is 6.11. The van der Waals surface area contributed by atoms with E-state index in [9.17, 15) is 14.9 Å². The van der Waals surface area contributed by atoms with E-state index in [2.05, 4.69) is 4.98 Å². The summed E-state index contributed by atoms with van der Waals surface area (Å²) in [6, 6.07) is 9.21. The van der Waals surface area contributed by atoms with Gasteiger partial charge < -0.3 is 0 Å². The second-order valence-electron chi connectivity index (χ2n) is 4.24. The maximum atomic E-state index is 12.3. The van der Waals surface area contributed by atoms with Gasteiger partial charge in [0, 0.05) is 23.0 Å². The first-order valence-electron chi connectivity index (χ1n) is 5.72. The topological polar surface area (TPSA) is 73.1 Å². The van der Waals surface area contributed by atoms with E-state index >= 15 is 0 Å². The molecule has 0 saturated carbocycles. The molecule has 96 valence electrons. The van der Waals surface area contributed by atoms with E-state index in [1.165, 1.54) is 18.2 Å². The van der Waals surface area contributed by atoms with E-state index in [4.69, 9.17) is 0 Å². The molecule has 5 heteroatoms. The Bertz CT molecular complexity index is 645. The third kappa shape index (κ3) is 2.65. The van der Waals surface area contributed by atoms with Crippen LogP contribution in [0.1, 0.15) is 27.3 Å². The lowest BCUT2D eigenvalue weighted by Crippen LogP contribution is -2.06. The van der Waals surface area contributed by atoms with Crippen molar-refractivity contribution in [2.75, 3.05) is 0 Å². The molecule has 0 N–H and O–H groups in total. The minimum absolute atomic E-state index is 0.0949. The van der Waals surface area contributed by atoms with Crippen molar-refractivity contribution in [2.45, 2.75) is 13.8 Å². The number of benzene rings is 1. The Labute approximate surface area is 110 Å². The number of para-hydroxylation sites is 1. The molecule has 5 nitrogen and oxygen atoms in total. The number of aryl methyl sites for hydroxylation is 2. The largest absolute Gasteiger partial charge is 0.288 e. The quantitative estimate of drug-likeness (QED) is 0.481. The molecule has 2 aromatic rings. The van der Waals surface area contributed by atoms with E-state index in [0.29, 0.717) is 17.0 Å². The summed E-state index contributed by atoms with van der Waals surface area (Å²) in [6.07, 6.45) is 0. The molecular weight excluding hydrogens is 244 g/mol. The number of carbonyl (C=O) groups is 1. The zero-order valence-corrected chi connectivity index (χ0v) is 10.6. The summed E-state index contributed by atoms with van der Waals surface area (Å²) in [5.41, 5.74) is 1.75. The maximum absolute atomic E-state index is 12.3. The van der Waals surface area contributed by atoms with Crippen LogP contribution in [0.15, 0.2) is 36.4 Å². The first-order chi connectivity index (χ1) is 8.99. The van der Waals surface area contributed by atoms with Crippen LogP contribution in [0, 0.1) is 24.0 Å². The fourth-order valence-corrected chi connectivity index (χ4v) is 1.95. The predicted molar refractivity (Wildman–Crippen MR) is 70.2 cm³/mol. The number of nitrogens with zero attached hydrogens (tertiary/aromatic N) is 2. The Morgan fingerprint density at radius 2 is 1.74 bits per heavy atom. The summed E-state index contributed by atoms with van der Waals surface area (Å²) in [7, 11) is 0. The number of hydrogen-bond donors (Lipinski definition) is 0. The van der Waals surface area contributed by atoms with Gasteiger partial charge in [-0.3, -0.25) is 19.9 Å². The first kappa shape index (κ1) is 12.9. The average molecular weight is 256 g/mol. The van der Waals surface area contributed by atoms with Gasteiger partial charge in [0.05, 0.1) is 4.92 Å². The number of nitro groups is 1. The highest BCUT2D eigenvalue weighted by atomic mass is 16.6. The zero-order chi connectivity index (χ0) is 14.0. The normalized spacial score (nSPS) is 10.2. The standard InChI is InChI=1S/C14H12N2O3/c1-9-7-11(8-10(2)15-9)14(17)12-5-3-4-6-13(12)16(18)19/h3-8H,1-2H3. The van der Waals surface area contributed by atoms with Crippen molar-refractivity contribution < 1.29 is 9.72 Å². The van der Waals surface area contributed by atoms with Crippen LogP contribution in [0.2, 0.25) is 0 Å². The lowest BCUT2D eigenvalue weighted by molar-refractivity contribution is -0.385. The predicted octanol–water partition coefficient (Wildman–Crippen LogP) is 2.84. The number of ketones is 1. The molecule has 1 aromatic heterocycles. The van der Waals surface area contributed by atoms with Crippen LogP contribution >= 0.6 is 0 Å². The monoisotopic (exact) mass is 256 g/mol. The molecule has 1 heterocycles. The smallest absolute Gasteiger partial charge is 0.280 e. The number of rotatable bonds is 3. The number of nitro benzene ring substituents is 1. The molecule has 0 bridgehead atoms. The second-order valence-corrected chi connectivity index (χ2v) is 4.24. The van der Waals surface area contributed by atoms with Crippen molar-refractivity contribution in [2.24, 2.45) is 0 Å². The van der Waals surface area contributed by atoms with E-state index in [1.54, 1.807) is 32.0 Å². The molecular formula is C14H12N2O3. The molecule has 0 aliphatic rings. The van der Waals surface area contributed by atoms with Crippen molar-refractivity contribution >= 4 is 11.5 Å². The van der Waals surface area contributed by atoms with Crippen molar-refractivity contribution in [3.05, 3.63) is 69.0 Å². The highest BCUT2D eigenvalue weighted by Crippen LogP contribution is 2.21. The highest BCUT2D eigenvalue weighted by Gasteiger charge is 2.20. The Hall–Kier alpha value is -2.56. The molecule has 0 fully saturated rings. The molecule has 1 aromatic carbocycles. The minimum atomic E-state index is -0.547. The van der Waals surface area contributed by atoms with E-state index < -0.39 is 4.92 Å². The summed E-state index contributed by atoms with van der Waals surface area (Å²) in [5.74, 6) is -0.360. The summed E-state index contributed by atoms with van der Waals surface area (Å²) in [6.45, 7) is 3.56. The molecule has 0 unspecified atom stereocenters. The molecule has 0 saturated heterocycles. The van der Waals surface area contributed by atoms with Crippen molar-refractivity contribution in [3.63, 3.8) is 0 Å². The van der Waals surface area contributed by atoms with Crippen LogP contribution in [0.25, 0.3) is 0 Å². The summed E-state index contributed by atoms with van der Waals surface area (Å²) in [5, 5.41) is 10.9. The zero-order valence-electron chi connectivity index (χ0n) is 10.6. The molecule has 0 atom stereocenters. The Morgan fingerprint density at radius 1 is 1.16 bits per heavy atom. The van der Waals surface area contributed by atoms with Gasteiger partial charge in [0.1, 0.15) is 5.56 Å². The lowest BCUT2D eigenvalue weighted by atomic mass is 10.0. The fourth-order valence-electron chi connectivity index (χ4n) is 1.95. The van der Waals surface area contributed by atoms with Crippen LogP contribution < -0.4 is 0 Å². The number of aromatic nitrogens is 1. The molecule has 2 rings (SSSR count). The Balaban J connectivity index is 2.53. The Kier molecular flexibility index (Phi) is 3.37.